The number of allylic oxidation sites excluding steroid dienone is 1. The molecule has 108 valence electrons. The molecule has 0 amide bonds. The van der Waals surface area contributed by atoms with Crippen LogP contribution in [-0.4, -0.2) is 12.9 Å². The lowest BCUT2D eigenvalue weighted by Crippen LogP contribution is -2.18. The van der Waals surface area contributed by atoms with Crippen LogP contribution in [0.2, 0.25) is 0 Å². The van der Waals surface area contributed by atoms with E-state index in [0.29, 0.717) is 5.92 Å². The van der Waals surface area contributed by atoms with Gasteiger partial charge in [0.25, 0.3) is 0 Å². The zero-order chi connectivity index (χ0) is 14.4. The second-order valence-electron chi connectivity index (χ2n) is 5.68. The molecule has 0 unspecified atom stereocenters. The number of carbonyl (C=O) groups is 1. The van der Waals surface area contributed by atoms with E-state index in [1.54, 1.807) is 14.0 Å². The molecular formula is C18H24O2. The molecule has 1 fully saturated rings. The fourth-order valence-electron chi connectivity index (χ4n) is 3.19. The molecule has 0 N–H and O–H groups in total. The number of methoxy groups -OCH3 is 1. The van der Waals surface area contributed by atoms with Crippen LogP contribution in [-0.2, 0) is 9.53 Å². The lowest BCUT2D eigenvalue weighted by atomic mass is 9.77. The second-order valence-corrected chi connectivity index (χ2v) is 5.68. The van der Waals surface area contributed by atoms with Crippen molar-refractivity contribution in [3.8, 4) is 0 Å². The number of Topliss-reactive ketones (excluding diaryl/α,β-unsaturated/α-hetero) is 1. The number of rotatable bonds is 5. The molecule has 1 aromatic rings. The van der Waals surface area contributed by atoms with Crippen LogP contribution in [0.15, 0.2) is 42.2 Å². The van der Waals surface area contributed by atoms with Gasteiger partial charge in [0.05, 0.1) is 13.4 Å². The number of ether oxygens (including phenoxy) is 1. The van der Waals surface area contributed by atoms with E-state index in [1.807, 2.05) is 24.5 Å². The maximum absolute atomic E-state index is 12.0. The van der Waals surface area contributed by atoms with Gasteiger partial charge in [0, 0.05) is 5.92 Å². The number of hydrogen-bond acceptors (Lipinski definition) is 2. The Morgan fingerprint density at radius 3 is 2.75 bits per heavy atom. The van der Waals surface area contributed by atoms with E-state index in [4.69, 9.17) is 4.74 Å². The molecule has 1 saturated carbocycles. The molecule has 1 aromatic carbocycles. The molecule has 0 heterocycles. The summed E-state index contributed by atoms with van der Waals surface area (Å²) in [5.41, 5.74) is 2.52. The van der Waals surface area contributed by atoms with Gasteiger partial charge < -0.3 is 4.74 Å². The Morgan fingerprint density at radius 2 is 2.10 bits per heavy atom. The van der Waals surface area contributed by atoms with Gasteiger partial charge in [-0.15, -0.1) is 0 Å². The van der Waals surface area contributed by atoms with E-state index in [2.05, 4.69) is 12.1 Å². The minimum atomic E-state index is 0.0135. The van der Waals surface area contributed by atoms with Crippen LogP contribution in [0.25, 0.3) is 0 Å². The topological polar surface area (TPSA) is 26.3 Å². The van der Waals surface area contributed by atoms with Gasteiger partial charge in [-0.2, -0.15) is 0 Å². The van der Waals surface area contributed by atoms with Crippen molar-refractivity contribution in [1.82, 2.24) is 0 Å². The van der Waals surface area contributed by atoms with Crippen LogP contribution in [0.4, 0.5) is 0 Å². The average Bonchev–Trinajstić information content (AvgIpc) is 2.47. The Labute approximate surface area is 121 Å². The molecule has 1 aliphatic rings. The summed E-state index contributed by atoms with van der Waals surface area (Å²) in [6, 6.07) is 10.1. The largest absolute Gasteiger partial charge is 0.504 e. The molecule has 0 aliphatic heterocycles. The Bertz CT molecular complexity index is 462. The molecule has 2 rings (SSSR count). The van der Waals surface area contributed by atoms with Crippen LogP contribution < -0.4 is 0 Å². The van der Waals surface area contributed by atoms with E-state index in [0.717, 1.165) is 18.4 Å². The Balaban J connectivity index is 2.15. The number of benzene rings is 1. The molecule has 0 spiro atoms. The first-order chi connectivity index (χ1) is 9.72. The average molecular weight is 272 g/mol. The third kappa shape index (κ3) is 3.72. The predicted octanol–water partition coefficient (Wildman–Crippen LogP) is 4.47. The van der Waals surface area contributed by atoms with Crippen molar-refractivity contribution in [2.75, 3.05) is 7.11 Å². The van der Waals surface area contributed by atoms with Gasteiger partial charge in [-0.3, -0.25) is 4.79 Å². The molecular weight excluding hydrogens is 248 g/mol. The fraction of sp³-hybridized carbons (Fsp3) is 0.500. The molecule has 0 bridgehead atoms. The Kier molecular flexibility index (Phi) is 5.40. The van der Waals surface area contributed by atoms with Crippen molar-refractivity contribution < 1.29 is 9.53 Å². The molecule has 1 aliphatic carbocycles. The van der Waals surface area contributed by atoms with Crippen LogP contribution in [0, 0.1) is 5.92 Å². The standard InChI is InChI=1S/C18H24O2/c1-14(19)18(15-8-4-3-5-9-15)12-16-10-6-7-11-17(16)13-20-2/h3-5,8-9,13,16,18H,6-7,10-12H2,1-2H3/b17-13+/t16-,18+/m0/s1. The minimum absolute atomic E-state index is 0.0135. The van der Waals surface area contributed by atoms with Gasteiger partial charge in [-0.25, -0.2) is 0 Å². The van der Waals surface area contributed by atoms with Crippen molar-refractivity contribution in [3.63, 3.8) is 0 Å². The summed E-state index contributed by atoms with van der Waals surface area (Å²) in [5.74, 6) is 0.760. The summed E-state index contributed by atoms with van der Waals surface area (Å²) in [6.07, 6.45) is 7.58. The highest BCUT2D eigenvalue weighted by molar-refractivity contribution is 5.83. The lowest BCUT2D eigenvalue weighted by Gasteiger charge is -2.28. The molecule has 2 heteroatoms. The summed E-state index contributed by atoms with van der Waals surface area (Å²) in [6.45, 7) is 1.71. The Hall–Kier alpha value is -1.57. The molecule has 20 heavy (non-hydrogen) atoms. The van der Waals surface area contributed by atoms with Gasteiger partial charge in [-0.05, 0) is 49.7 Å². The monoisotopic (exact) mass is 272 g/mol. The number of hydrogen-bond donors (Lipinski definition) is 0. The van der Waals surface area contributed by atoms with Gasteiger partial charge in [0.2, 0.25) is 0 Å². The summed E-state index contributed by atoms with van der Waals surface area (Å²) in [5, 5.41) is 0. The number of ketones is 1. The molecule has 0 saturated heterocycles. The zero-order valence-electron chi connectivity index (χ0n) is 12.5. The predicted molar refractivity (Wildman–Crippen MR) is 81.5 cm³/mol. The minimum Gasteiger partial charge on any atom is -0.504 e. The van der Waals surface area contributed by atoms with Crippen LogP contribution in [0.5, 0.6) is 0 Å². The highest BCUT2D eigenvalue weighted by Crippen LogP contribution is 2.37. The molecule has 2 atom stereocenters. The second kappa shape index (κ2) is 7.28. The van der Waals surface area contributed by atoms with Crippen LogP contribution in [0.3, 0.4) is 0 Å². The van der Waals surface area contributed by atoms with E-state index in [-0.39, 0.29) is 11.7 Å². The van der Waals surface area contributed by atoms with Crippen LogP contribution >= 0.6 is 0 Å². The molecule has 0 aromatic heterocycles. The van der Waals surface area contributed by atoms with Crippen molar-refractivity contribution in [2.24, 2.45) is 5.92 Å². The van der Waals surface area contributed by atoms with Gasteiger partial charge in [0.15, 0.2) is 0 Å². The first kappa shape index (κ1) is 14.8. The highest BCUT2D eigenvalue weighted by atomic mass is 16.5. The van der Waals surface area contributed by atoms with E-state index in [9.17, 15) is 4.79 Å². The quantitative estimate of drug-likeness (QED) is 0.739. The van der Waals surface area contributed by atoms with Crippen molar-refractivity contribution >= 4 is 5.78 Å². The first-order valence-electron chi connectivity index (χ1n) is 7.49. The zero-order valence-corrected chi connectivity index (χ0v) is 12.5. The van der Waals surface area contributed by atoms with Gasteiger partial charge in [-0.1, -0.05) is 36.8 Å². The summed E-state index contributed by atoms with van der Waals surface area (Å²) < 4.78 is 5.21. The summed E-state index contributed by atoms with van der Waals surface area (Å²) in [7, 11) is 1.71. The van der Waals surface area contributed by atoms with Gasteiger partial charge in [0.1, 0.15) is 5.78 Å². The first-order valence-corrected chi connectivity index (χ1v) is 7.49. The molecule has 2 nitrogen and oxygen atoms in total. The van der Waals surface area contributed by atoms with E-state index < -0.39 is 0 Å². The summed E-state index contributed by atoms with van der Waals surface area (Å²) in [4.78, 5) is 12.0. The maximum Gasteiger partial charge on any atom is 0.137 e. The maximum atomic E-state index is 12.0. The van der Waals surface area contributed by atoms with Gasteiger partial charge >= 0.3 is 0 Å². The SMILES string of the molecule is CO/C=C1\CCCC[C@H]1C[C@H](C(C)=O)c1ccccc1. The van der Waals surface area contributed by atoms with E-state index >= 15 is 0 Å². The van der Waals surface area contributed by atoms with Crippen LogP contribution in [0.1, 0.15) is 50.5 Å². The van der Waals surface area contributed by atoms with Crippen molar-refractivity contribution in [1.29, 1.82) is 0 Å². The summed E-state index contributed by atoms with van der Waals surface area (Å²) >= 11 is 0. The smallest absolute Gasteiger partial charge is 0.137 e. The lowest BCUT2D eigenvalue weighted by molar-refractivity contribution is -0.118. The highest BCUT2D eigenvalue weighted by Gasteiger charge is 2.26. The van der Waals surface area contributed by atoms with Crippen molar-refractivity contribution in [2.45, 2.75) is 44.9 Å². The molecule has 0 radical (unpaired) electrons. The fourth-order valence-corrected chi connectivity index (χ4v) is 3.19. The van der Waals surface area contributed by atoms with Crippen molar-refractivity contribution in [3.05, 3.63) is 47.7 Å². The third-order valence-electron chi connectivity index (χ3n) is 4.27. The third-order valence-corrected chi connectivity index (χ3v) is 4.27. The number of carbonyl (C=O) groups excluding carboxylic acids is 1. The normalized spacial score (nSPS) is 22.5. The van der Waals surface area contributed by atoms with E-state index in [1.165, 1.54) is 24.8 Å². The Morgan fingerprint density at radius 1 is 1.35 bits per heavy atom.